The lowest BCUT2D eigenvalue weighted by Gasteiger charge is -2.26. The van der Waals surface area contributed by atoms with E-state index in [0.717, 1.165) is 11.6 Å². The van der Waals surface area contributed by atoms with Crippen molar-refractivity contribution < 1.29 is 22.8 Å². The number of anilines is 1. The van der Waals surface area contributed by atoms with Crippen molar-refractivity contribution in [2.75, 3.05) is 38.8 Å². The molecule has 1 N–H and O–H groups in total. The van der Waals surface area contributed by atoms with Crippen LogP contribution in [0.5, 0.6) is 5.75 Å². The Morgan fingerprint density at radius 2 is 1.90 bits per heavy atom. The molecular weight excluding hydrogens is 400 g/mol. The lowest BCUT2D eigenvalue weighted by molar-refractivity contribution is -0.384. The molecule has 0 aromatic heterocycles. The Morgan fingerprint density at radius 3 is 2.52 bits per heavy atom. The number of methoxy groups -OCH3 is 1. The van der Waals surface area contributed by atoms with E-state index < -0.39 is 14.9 Å². The fourth-order valence-corrected chi connectivity index (χ4v) is 4.15. The van der Waals surface area contributed by atoms with Gasteiger partial charge in [0.15, 0.2) is 0 Å². The summed E-state index contributed by atoms with van der Waals surface area (Å²) in [5.74, 6) is 0.697. The molecular formula is C18H20N4O6S. The molecule has 0 aliphatic carbocycles. The summed E-state index contributed by atoms with van der Waals surface area (Å²) < 4.78 is 36.9. The van der Waals surface area contributed by atoms with Crippen molar-refractivity contribution in [2.24, 2.45) is 5.10 Å². The average Bonchev–Trinajstić information content (AvgIpc) is 2.74. The van der Waals surface area contributed by atoms with Crippen LogP contribution in [0.3, 0.4) is 0 Å². The maximum Gasteiger partial charge on any atom is 0.295 e. The van der Waals surface area contributed by atoms with Gasteiger partial charge in [-0.3, -0.25) is 15.5 Å². The van der Waals surface area contributed by atoms with Gasteiger partial charge in [-0.2, -0.15) is 9.41 Å². The number of ether oxygens (including phenoxy) is 2. The van der Waals surface area contributed by atoms with Crippen molar-refractivity contribution in [1.82, 2.24) is 4.31 Å². The van der Waals surface area contributed by atoms with Crippen LogP contribution in [0.15, 0.2) is 52.5 Å². The number of nitro benzene ring substituents is 1. The first-order valence-electron chi connectivity index (χ1n) is 8.71. The second-order valence-corrected chi connectivity index (χ2v) is 8.03. The summed E-state index contributed by atoms with van der Waals surface area (Å²) in [5, 5.41) is 15.4. The summed E-state index contributed by atoms with van der Waals surface area (Å²) in [5.41, 5.74) is 3.06. The largest absolute Gasteiger partial charge is 0.497 e. The molecule has 0 spiro atoms. The van der Waals surface area contributed by atoms with Gasteiger partial charge in [-0.05, 0) is 42.0 Å². The van der Waals surface area contributed by atoms with Crippen LogP contribution in [0.1, 0.15) is 5.56 Å². The first kappa shape index (κ1) is 20.7. The highest BCUT2D eigenvalue weighted by Gasteiger charge is 2.28. The molecule has 0 atom stereocenters. The van der Waals surface area contributed by atoms with Crippen molar-refractivity contribution in [3.05, 3.63) is 58.1 Å². The minimum atomic E-state index is -3.83. The lowest BCUT2D eigenvalue weighted by Crippen LogP contribution is -2.40. The Bertz CT molecular complexity index is 1000. The minimum Gasteiger partial charge on any atom is -0.497 e. The maximum absolute atomic E-state index is 12.7. The zero-order valence-corrected chi connectivity index (χ0v) is 16.5. The second-order valence-electron chi connectivity index (χ2n) is 6.10. The number of rotatable bonds is 7. The number of hydrogen-bond acceptors (Lipinski definition) is 8. The molecule has 2 aromatic rings. The quantitative estimate of drug-likeness (QED) is 0.413. The molecule has 10 nitrogen and oxygen atoms in total. The van der Waals surface area contributed by atoms with Crippen LogP contribution in [0.25, 0.3) is 0 Å². The SMILES string of the molecule is COc1ccc(C=NNc2ccc(S(=O)(=O)N3CCOCC3)cc2[N+](=O)[O-])cc1. The molecule has 154 valence electrons. The first-order chi connectivity index (χ1) is 13.9. The van der Waals surface area contributed by atoms with Gasteiger partial charge in [0.05, 0.1) is 36.4 Å². The molecule has 0 radical (unpaired) electrons. The molecule has 1 fully saturated rings. The predicted molar refractivity (Wildman–Crippen MR) is 107 cm³/mol. The summed E-state index contributed by atoms with van der Waals surface area (Å²) >= 11 is 0. The molecule has 2 aromatic carbocycles. The third-order valence-corrected chi connectivity index (χ3v) is 6.18. The number of hydrazone groups is 1. The monoisotopic (exact) mass is 420 g/mol. The van der Waals surface area contributed by atoms with E-state index in [-0.39, 0.29) is 29.4 Å². The van der Waals surface area contributed by atoms with Crippen molar-refractivity contribution in [1.29, 1.82) is 0 Å². The van der Waals surface area contributed by atoms with Gasteiger partial charge in [0, 0.05) is 19.2 Å². The first-order valence-corrected chi connectivity index (χ1v) is 10.2. The summed E-state index contributed by atoms with van der Waals surface area (Å²) in [4.78, 5) is 10.7. The Balaban J connectivity index is 1.80. The molecule has 29 heavy (non-hydrogen) atoms. The summed E-state index contributed by atoms with van der Waals surface area (Å²) in [6, 6.07) is 10.8. The van der Waals surface area contributed by atoms with E-state index in [1.54, 1.807) is 31.4 Å². The minimum absolute atomic E-state index is 0.0840. The number of nitrogens with zero attached hydrogens (tertiary/aromatic N) is 3. The molecule has 0 amide bonds. The number of morpholine rings is 1. The predicted octanol–water partition coefficient (Wildman–Crippen LogP) is 2.07. The zero-order chi connectivity index (χ0) is 20.9. The number of sulfonamides is 1. The Labute approximate surface area is 167 Å². The summed E-state index contributed by atoms with van der Waals surface area (Å²) in [7, 11) is -2.27. The smallest absolute Gasteiger partial charge is 0.295 e. The highest BCUT2D eigenvalue weighted by Crippen LogP contribution is 2.29. The average molecular weight is 420 g/mol. The van der Waals surface area contributed by atoms with Gasteiger partial charge in [-0.1, -0.05) is 0 Å². The third kappa shape index (κ3) is 4.88. The topological polar surface area (TPSA) is 123 Å². The van der Waals surface area contributed by atoms with Crippen LogP contribution in [0.4, 0.5) is 11.4 Å². The molecule has 1 saturated heterocycles. The van der Waals surface area contributed by atoms with Crippen LogP contribution >= 0.6 is 0 Å². The number of hydrogen-bond donors (Lipinski definition) is 1. The third-order valence-electron chi connectivity index (χ3n) is 4.29. The summed E-state index contributed by atoms with van der Waals surface area (Å²) in [6.07, 6.45) is 1.49. The number of nitrogens with one attached hydrogen (secondary N) is 1. The Hall–Kier alpha value is -3.02. The van der Waals surface area contributed by atoms with E-state index in [1.807, 2.05) is 0 Å². The molecule has 0 bridgehead atoms. The van der Waals surface area contributed by atoms with Gasteiger partial charge in [-0.15, -0.1) is 0 Å². The molecule has 1 heterocycles. The van der Waals surface area contributed by atoms with Crippen molar-refractivity contribution in [3.63, 3.8) is 0 Å². The normalized spacial score (nSPS) is 15.3. The number of benzene rings is 2. The van der Waals surface area contributed by atoms with Crippen LogP contribution in [0.2, 0.25) is 0 Å². The fourth-order valence-electron chi connectivity index (χ4n) is 2.72. The molecule has 0 unspecified atom stereocenters. The molecule has 1 aliphatic heterocycles. The molecule has 3 rings (SSSR count). The zero-order valence-electron chi connectivity index (χ0n) is 15.6. The summed E-state index contributed by atoms with van der Waals surface area (Å²) in [6.45, 7) is 1.01. The maximum atomic E-state index is 12.7. The Kier molecular flexibility index (Phi) is 6.42. The van der Waals surface area contributed by atoms with E-state index in [4.69, 9.17) is 9.47 Å². The van der Waals surface area contributed by atoms with E-state index in [0.29, 0.717) is 19.0 Å². The van der Waals surface area contributed by atoms with Crippen molar-refractivity contribution in [3.8, 4) is 5.75 Å². The van der Waals surface area contributed by atoms with Gasteiger partial charge < -0.3 is 9.47 Å². The van der Waals surface area contributed by atoms with Gasteiger partial charge in [0.2, 0.25) is 10.0 Å². The van der Waals surface area contributed by atoms with Crippen LogP contribution in [0, 0.1) is 10.1 Å². The number of nitro groups is 1. The molecule has 1 aliphatic rings. The van der Waals surface area contributed by atoms with Crippen LogP contribution in [-0.4, -0.2) is 57.3 Å². The van der Waals surface area contributed by atoms with Gasteiger partial charge >= 0.3 is 0 Å². The second kappa shape index (κ2) is 8.99. The molecule has 11 heteroatoms. The van der Waals surface area contributed by atoms with E-state index in [2.05, 4.69) is 10.5 Å². The van der Waals surface area contributed by atoms with Crippen LogP contribution in [-0.2, 0) is 14.8 Å². The Morgan fingerprint density at radius 1 is 1.21 bits per heavy atom. The van der Waals surface area contributed by atoms with E-state index in [1.165, 1.54) is 22.7 Å². The van der Waals surface area contributed by atoms with Gasteiger partial charge in [-0.25, -0.2) is 8.42 Å². The highest BCUT2D eigenvalue weighted by molar-refractivity contribution is 7.89. The van der Waals surface area contributed by atoms with Crippen molar-refractivity contribution >= 4 is 27.6 Å². The van der Waals surface area contributed by atoms with Gasteiger partial charge in [0.25, 0.3) is 5.69 Å². The standard InChI is InChI=1S/C18H20N4O6S/c1-27-15-4-2-14(3-5-15)13-19-20-17-7-6-16(12-18(17)22(23)24)29(25,26)21-8-10-28-11-9-21/h2-7,12-13,20H,8-11H2,1H3. The van der Waals surface area contributed by atoms with E-state index >= 15 is 0 Å². The lowest BCUT2D eigenvalue weighted by atomic mass is 10.2. The van der Waals surface area contributed by atoms with Crippen LogP contribution < -0.4 is 10.2 Å². The van der Waals surface area contributed by atoms with Gasteiger partial charge in [0.1, 0.15) is 11.4 Å². The highest BCUT2D eigenvalue weighted by atomic mass is 32.2. The van der Waals surface area contributed by atoms with E-state index in [9.17, 15) is 18.5 Å². The fraction of sp³-hybridized carbons (Fsp3) is 0.278. The van der Waals surface area contributed by atoms with Crippen molar-refractivity contribution in [2.45, 2.75) is 4.90 Å². The molecule has 0 saturated carbocycles.